The molecule has 0 fully saturated rings. The van der Waals surface area contributed by atoms with Gasteiger partial charge in [0.2, 0.25) is 0 Å². The lowest BCUT2D eigenvalue weighted by Crippen LogP contribution is -2.47. The Bertz CT molecular complexity index is 490. The zero-order valence-electron chi connectivity index (χ0n) is 10.6. The predicted octanol–water partition coefficient (Wildman–Crippen LogP) is 2.03. The summed E-state index contributed by atoms with van der Waals surface area (Å²) in [5.74, 6) is -1.04. The van der Waals surface area contributed by atoms with Crippen molar-refractivity contribution in [3.05, 3.63) is 35.4 Å². The molecule has 1 aromatic rings. The molecule has 0 radical (unpaired) electrons. The number of hydrogen-bond acceptors (Lipinski definition) is 3. The molecule has 4 nitrogen and oxygen atoms in total. The van der Waals surface area contributed by atoms with Crippen molar-refractivity contribution in [3.8, 4) is 0 Å². The van der Waals surface area contributed by atoms with Gasteiger partial charge in [0.05, 0.1) is 6.61 Å². The first-order valence-corrected chi connectivity index (χ1v) is 6.11. The number of carboxylic acid groups (broad SMARTS) is 1. The number of carboxylic acids is 1. The van der Waals surface area contributed by atoms with E-state index in [2.05, 4.69) is 4.74 Å². The third kappa shape index (κ3) is 3.71. The van der Waals surface area contributed by atoms with Crippen LogP contribution in [0.2, 0.25) is 0 Å². The van der Waals surface area contributed by atoms with Gasteiger partial charge in [-0.3, -0.25) is 14.4 Å². The Hall–Kier alpha value is -1.60. The fourth-order valence-corrected chi connectivity index (χ4v) is 2.33. The average Bonchev–Trinajstić information content (AvgIpc) is 2.36. The molecule has 7 heteroatoms. The van der Waals surface area contributed by atoms with Crippen molar-refractivity contribution >= 4 is 5.97 Å². The Labute approximate surface area is 113 Å². The van der Waals surface area contributed by atoms with Crippen LogP contribution in [0.15, 0.2) is 24.3 Å². The Kier molecular flexibility index (Phi) is 4.29. The normalized spacial score (nSPS) is 19.6. The predicted molar refractivity (Wildman–Crippen MR) is 64.0 cm³/mol. The summed E-state index contributed by atoms with van der Waals surface area (Å²) in [5.41, 5.74) is 1.87. The van der Waals surface area contributed by atoms with E-state index in [0.29, 0.717) is 6.54 Å². The molecule has 0 amide bonds. The van der Waals surface area contributed by atoms with Crippen LogP contribution in [0.3, 0.4) is 0 Å². The van der Waals surface area contributed by atoms with E-state index < -0.39 is 25.0 Å². The molecule has 1 N–H and O–H groups in total. The average molecular weight is 289 g/mol. The molecule has 1 aliphatic heterocycles. The molecule has 0 aliphatic carbocycles. The van der Waals surface area contributed by atoms with E-state index in [4.69, 9.17) is 0 Å². The zero-order chi connectivity index (χ0) is 14.8. The first-order chi connectivity index (χ1) is 9.37. The number of fused-ring (bicyclic) bond motifs is 1. The van der Waals surface area contributed by atoms with Gasteiger partial charge in [0.25, 0.3) is 0 Å². The molecule has 2 rings (SSSR count). The van der Waals surface area contributed by atoms with Gasteiger partial charge >= 0.3 is 12.3 Å². The highest BCUT2D eigenvalue weighted by atomic mass is 19.4. The number of rotatable bonds is 4. The fourth-order valence-electron chi connectivity index (χ4n) is 2.33. The number of ether oxygens (including phenoxy) is 1. The largest absolute Gasteiger partial charge is 0.522 e. The summed E-state index contributed by atoms with van der Waals surface area (Å²) in [5, 5.41) is 9.19. The maximum Gasteiger partial charge on any atom is 0.522 e. The summed E-state index contributed by atoms with van der Waals surface area (Å²) in [6, 6.07) is 6.52. The van der Waals surface area contributed by atoms with Gasteiger partial charge in [0.1, 0.15) is 6.04 Å². The van der Waals surface area contributed by atoms with Gasteiger partial charge in [-0.25, -0.2) is 0 Å². The highest BCUT2D eigenvalue weighted by Crippen LogP contribution is 2.24. The second kappa shape index (κ2) is 5.80. The number of halogens is 3. The number of benzene rings is 1. The molecule has 0 unspecified atom stereocenters. The topological polar surface area (TPSA) is 49.8 Å². The van der Waals surface area contributed by atoms with E-state index in [-0.39, 0.29) is 13.0 Å². The molecule has 0 saturated heterocycles. The van der Waals surface area contributed by atoms with Crippen LogP contribution < -0.4 is 0 Å². The molecule has 0 spiro atoms. The van der Waals surface area contributed by atoms with Gasteiger partial charge in [-0.15, -0.1) is 13.2 Å². The smallest absolute Gasteiger partial charge is 0.480 e. The summed E-state index contributed by atoms with van der Waals surface area (Å²) in [7, 11) is 0. The monoisotopic (exact) mass is 289 g/mol. The maximum atomic E-state index is 11.9. The van der Waals surface area contributed by atoms with E-state index >= 15 is 0 Å². The number of hydrogen-bond donors (Lipinski definition) is 1. The second-order valence-corrected chi connectivity index (χ2v) is 4.59. The minimum absolute atomic E-state index is 0.0786. The molecular formula is C13H14F3NO3. The van der Waals surface area contributed by atoms with Crippen LogP contribution >= 0.6 is 0 Å². The summed E-state index contributed by atoms with van der Waals surface area (Å²) >= 11 is 0. The van der Waals surface area contributed by atoms with Gasteiger partial charge in [0, 0.05) is 13.1 Å². The summed E-state index contributed by atoms with van der Waals surface area (Å²) in [6.45, 7) is -0.339. The highest BCUT2D eigenvalue weighted by Gasteiger charge is 2.33. The van der Waals surface area contributed by atoms with Gasteiger partial charge in [-0.2, -0.15) is 0 Å². The summed E-state index contributed by atoms with van der Waals surface area (Å²) in [6.07, 6.45) is -4.40. The first-order valence-electron chi connectivity index (χ1n) is 6.11. The minimum atomic E-state index is -4.69. The van der Waals surface area contributed by atoms with E-state index in [9.17, 15) is 23.1 Å². The molecule has 1 heterocycles. The van der Waals surface area contributed by atoms with Gasteiger partial charge in [0.15, 0.2) is 0 Å². The van der Waals surface area contributed by atoms with E-state index in [1.54, 1.807) is 0 Å². The minimum Gasteiger partial charge on any atom is -0.480 e. The standard InChI is InChI=1S/C13H14F3NO3/c14-13(15,16)20-6-5-17-8-10-4-2-1-3-9(10)7-11(17)12(18)19/h1-4,11H,5-8H2,(H,18,19)/t11-/m0/s1. The number of aliphatic carboxylic acids is 1. The van der Waals surface area contributed by atoms with Gasteiger partial charge < -0.3 is 5.11 Å². The molecule has 0 aromatic heterocycles. The lowest BCUT2D eigenvalue weighted by atomic mass is 9.94. The van der Waals surface area contributed by atoms with Gasteiger partial charge in [-0.1, -0.05) is 24.3 Å². The molecular weight excluding hydrogens is 275 g/mol. The van der Waals surface area contributed by atoms with Crippen molar-refractivity contribution in [2.75, 3.05) is 13.2 Å². The molecule has 1 aliphatic rings. The molecule has 110 valence electrons. The van der Waals surface area contributed by atoms with Crippen LogP contribution in [0, 0.1) is 0 Å². The van der Waals surface area contributed by atoms with Crippen LogP contribution in [0.25, 0.3) is 0 Å². The first kappa shape index (κ1) is 14.8. The highest BCUT2D eigenvalue weighted by molar-refractivity contribution is 5.74. The van der Waals surface area contributed by atoms with Crippen LogP contribution in [-0.4, -0.2) is 41.5 Å². The van der Waals surface area contributed by atoms with Crippen LogP contribution in [0.1, 0.15) is 11.1 Å². The number of carbonyl (C=O) groups is 1. The van der Waals surface area contributed by atoms with Crippen molar-refractivity contribution in [1.29, 1.82) is 0 Å². The van der Waals surface area contributed by atoms with Crippen LogP contribution in [-0.2, 0) is 22.5 Å². The fraction of sp³-hybridized carbons (Fsp3) is 0.462. The third-order valence-electron chi connectivity index (χ3n) is 3.28. The Morgan fingerprint density at radius 2 is 2.00 bits per heavy atom. The molecule has 1 aromatic carbocycles. The van der Waals surface area contributed by atoms with Crippen LogP contribution in [0.4, 0.5) is 13.2 Å². The van der Waals surface area contributed by atoms with Gasteiger partial charge in [-0.05, 0) is 17.5 Å². The Balaban J connectivity index is 2.05. The van der Waals surface area contributed by atoms with Crippen molar-refractivity contribution in [2.45, 2.75) is 25.4 Å². The number of alkyl halides is 3. The SMILES string of the molecule is O=C(O)[C@@H]1Cc2ccccc2CN1CCOC(F)(F)F. The lowest BCUT2D eigenvalue weighted by molar-refractivity contribution is -0.325. The Morgan fingerprint density at radius 1 is 1.35 bits per heavy atom. The number of nitrogens with zero attached hydrogens (tertiary/aromatic N) is 1. The maximum absolute atomic E-state index is 11.9. The van der Waals surface area contributed by atoms with E-state index in [0.717, 1.165) is 11.1 Å². The van der Waals surface area contributed by atoms with E-state index in [1.807, 2.05) is 24.3 Å². The molecule has 1 atom stereocenters. The van der Waals surface area contributed by atoms with Crippen molar-refractivity contribution in [1.82, 2.24) is 4.90 Å². The lowest BCUT2D eigenvalue weighted by Gasteiger charge is -2.34. The third-order valence-corrected chi connectivity index (χ3v) is 3.28. The van der Waals surface area contributed by atoms with Crippen molar-refractivity contribution in [2.24, 2.45) is 0 Å². The van der Waals surface area contributed by atoms with Crippen molar-refractivity contribution in [3.63, 3.8) is 0 Å². The summed E-state index contributed by atoms with van der Waals surface area (Å²) < 4.78 is 39.6. The summed E-state index contributed by atoms with van der Waals surface area (Å²) in [4.78, 5) is 12.7. The molecule has 20 heavy (non-hydrogen) atoms. The Morgan fingerprint density at radius 3 is 2.60 bits per heavy atom. The second-order valence-electron chi connectivity index (χ2n) is 4.59. The van der Waals surface area contributed by atoms with E-state index in [1.165, 1.54) is 4.90 Å². The zero-order valence-corrected chi connectivity index (χ0v) is 10.6. The van der Waals surface area contributed by atoms with Crippen molar-refractivity contribution < 1.29 is 27.8 Å². The van der Waals surface area contributed by atoms with Crippen LogP contribution in [0.5, 0.6) is 0 Å². The molecule has 0 saturated carbocycles. The quantitative estimate of drug-likeness (QED) is 0.921. The molecule has 0 bridgehead atoms.